The Balaban J connectivity index is 2.30. The second-order valence-electron chi connectivity index (χ2n) is 5.61. The van der Waals surface area contributed by atoms with Gasteiger partial charge in [0.15, 0.2) is 0 Å². The van der Waals surface area contributed by atoms with E-state index in [1.807, 2.05) is 4.90 Å². The van der Waals surface area contributed by atoms with Crippen LogP contribution in [0.5, 0.6) is 0 Å². The fourth-order valence-corrected chi connectivity index (χ4v) is 2.47. The lowest BCUT2D eigenvalue weighted by Gasteiger charge is -2.23. The molecule has 1 fully saturated rings. The zero-order valence-corrected chi connectivity index (χ0v) is 11.9. The van der Waals surface area contributed by atoms with Crippen LogP contribution in [0.3, 0.4) is 0 Å². The second-order valence-corrected chi connectivity index (χ2v) is 5.95. The van der Waals surface area contributed by atoms with Crippen molar-refractivity contribution >= 4 is 23.1 Å². The second kappa shape index (κ2) is 5.28. The molecule has 7 heteroatoms. The number of hydrogen-bond acceptors (Lipinski definition) is 5. The van der Waals surface area contributed by atoms with Crippen LogP contribution < -0.4 is 4.90 Å². The van der Waals surface area contributed by atoms with Gasteiger partial charge in [0.05, 0.1) is 4.92 Å². The molecule has 6 nitrogen and oxygen atoms in total. The highest BCUT2D eigenvalue weighted by Gasteiger charge is 2.28. The van der Waals surface area contributed by atoms with Crippen molar-refractivity contribution in [3.05, 3.63) is 21.6 Å². The van der Waals surface area contributed by atoms with Crippen molar-refractivity contribution < 1.29 is 4.92 Å². The Labute approximate surface area is 117 Å². The lowest BCUT2D eigenvalue weighted by molar-refractivity contribution is -0.384. The zero-order chi connectivity index (χ0) is 14.0. The highest BCUT2D eigenvalue weighted by Crippen LogP contribution is 2.34. The van der Waals surface area contributed by atoms with Crippen molar-refractivity contribution in [2.75, 3.05) is 18.0 Å². The maximum atomic E-state index is 11.0. The van der Waals surface area contributed by atoms with Gasteiger partial charge in [-0.1, -0.05) is 13.8 Å². The molecule has 2 heterocycles. The standard InChI is InChI=1S/C12H17ClN4O2/c1-12(2)4-3-6-16(7-5-12)10-9(17(18)19)8-14-11(13)15-10/h8H,3-7H2,1-2H3. The highest BCUT2D eigenvalue weighted by molar-refractivity contribution is 6.28. The predicted octanol–water partition coefficient (Wildman–Crippen LogP) is 3.05. The molecule has 0 N–H and O–H groups in total. The third-order valence-electron chi connectivity index (χ3n) is 3.56. The average molecular weight is 285 g/mol. The molecule has 0 bridgehead atoms. The Morgan fingerprint density at radius 1 is 1.42 bits per heavy atom. The van der Waals surface area contributed by atoms with Crippen molar-refractivity contribution in [1.82, 2.24) is 9.97 Å². The summed E-state index contributed by atoms with van der Waals surface area (Å²) in [6.07, 6.45) is 4.26. The summed E-state index contributed by atoms with van der Waals surface area (Å²) in [5, 5.41) is 11.1. The van der Waals surface area contributed by atoms with E-state index in [4.69, 9.17) is 11.6 Å². The highest BCUT2D eigenvalue weighted by atomic mass is 35.5. The van der Waals surface area contributed by atoms with Crippen molar-refractivity contribution in [2.45, 2.75) is 33.1 Å². The van der Waals surface area contributed by atoms with Gasteiger partial charge in [0.1, 0.15) is 6.20 Å². The van der Waals surface area contributed by atoms with Gasteiger partial charge in [-0.25, -0.2) is 4.98 Å². The molecule has 0 spiro atoms. The molecule has 0 unspecified atom stereocenters. The van der Waals surface area contributed by atoms with E-state index < -0.39 is 4.92 Å². The Kier molecular flexibility index (Phi) is 3.89. The third-order valence-corrected chi connectivity index (χ3v) is 3.74. The molecule has 0 radical (unpaired) electrons. The minimum Gasteiger partial charge on any atom is -0.351 e. The fraction of sp³-hybridized carbons (Fsp3) is 0.667. The van der Waals surface area contributed by atoms with Crippen LogP contribution in [0.2, 0.25) is 5.28 Å². The van der Waals surface area contributed by atoms with E-state index in [2.05, 4.69) is 23.8 Å². The van der Waals surface area contributed by atoms with Gasteiger partial charge in [0, 0.05) is 13.1 Å². The Morgan fingerprint density at radius 3 is 2.84 bits per heavy atom. The van der Waals surface area contributed by atoms with Crippen LogP contribution >= 0.6 is 11.6 Å². The van der Waals surface area contributed by atoms with E-state index in [1.165, 1.54) is 6.20 Å². The van der Waals surface area contributed by atoms with Crippen LogP contribution in [0, 0.1) is 15.5 Å². The number of nitro groups is 1. The SMILES string of the molecule is CC1(C)CCCN(c2nc(Cl)ncc2[N+](=O)[O-])CC1. The van der Waals surface area contributed by atoms with Crippen LogP contribution in [0.1, 0.15) is 33.1 Å². The van der Waals surface area contributed by atoms with Crippen LogP contribution in [0.15, 0.2) is 6.20 Å². The van der Waals surface area contributed by atoms with Gasteiger partial charge in [-0.05, 0) is 36.3 Å². The van der Waals surface area contributed by atoms with Crippen molar-refractivity contribution in [3.63, 3.8) is 0 Å². The van der Waals surface area contributed by atoms with Crippen LogP contribution in [0.25, 0.3) is 0 Å². The number of aromatic nitrogens is 2. The molecule has 1 saturated heterocycles. The van der Waals surface area contributed by atoms with Gasteiger partial charge in [0.25, 0.3) is 0 Å². The summed E-state index contributed by atoms with van der Waals surface area (Å²) >= 11 is 5.77. The van der Waals surface area contributed by atoms with E-state index in [0.717, 1.165) is 32.4 Å². The molecule has 0 saturated carbocycles. The molecule has 0 amide bonds. The maximum absolute atomic E-state index is 11.0. The molecule has 0 aliphatic carbocycles. The summed E-state index contributed by atoms with van der Waals surface area (Å²) in [7, 11) is 0. The molecule has 1 aliphatic heterocycles. The Morgan fingerprint density at radius 2 is 2.16 bits per heavy atom. The van der Waals surface area contributed by atoms with E-state index in [9.17, 15) is 10.1 Å². The smallest absolute Gasteiger partial charge is 0.329 e. The third kappa shape index (κ3) is 3.32. The minimum atomic E-state index is -0.457. The van der Waals surface area contributed by atoms with E-state index in [1.54, 1.807) is 0 Å². The molecule has 1 aromatic heterocycles. The lowest BCUT2D eigenvalue weighted by Crippen LogP contribution is -2.27. The van der Waals surface area contributed by atoms with Crippen molar-refractivity contribution in [2.24, 2.45) is 5.41 Å². The summed E-state index contributed by atoms with van der Waals surface area (Å²) in [5.74, 6) is 0.336. The molecular weight excluding hydrogens is 268 g/mol. The number of rotatable bonds is 2. The summed E-state index contributed by atoms with van der Waals surface area (Å²) in [4.78, 5) is 20.3. The molecule has 19 heavy (non-hydrogen) atoms. The average Bonchev–Trinajstić information content (AvgIpc) is 2.49. The molecule has 2 rings (SSSR count). The Bertz CT molecular complexity index is 493. The molecule has 1 aliphatic rings. The first-order valence-electron chi connectivity index (χ1n) is 6.31. The topological polar surface area (TPSA) is 72.2 Å². The van der Waals surface area contributed by atoms with Crippen LogP contribution in [0.4, 0.5) is 11.5 Å². The molecular formula is C12H17ClN4O2. The van der Waals surface area contributed by atoms with Gasteiger partial charge in [0.2, 0.25) is 11.1 Å². The van der Waals surface area contributed by atoms with Crippen LogP contribution in [-0.2, 0) is 0 Å². The largest absolute Gasteiger partial charge is 0.351 e. The number of nitrogens with zero attached hydrogens (tertiary/aromatic N) is 4. The molecule has 0 aromatic carbocycles. The first-order valence-corrected chi connectivity index (χ1v) is 6.69. The van der Waals surface area contributed by atoms with Gasteiger partial charge in [-0.15, -0.1) is 0 Å². The van der Waals surface area contributed by atoms with Gasteiger partial charge in [-0.3, -0.25) is 10.1 Å². The quantitative estimate of drug-likeness (QED) is 0.474. The summed E-state index contributed by atoms with van der Waals surface area (Å²) in [6, 6.07) is 0. The van der Waals surface area contributed by atoms with E-state index in [0.29, 0.717) is 5.82 Å². The maximum Gasteiger partial charge on any atom is 0.329 e. The lowest BCUT2D eigenvalue weighted by atomic mass is 9.85. The van der Waals surface area contributed by atoms with Crippen molar-refractivity contribution in [1.29, 1.82) is 0 Å². The van der Waals surface area contributed by atoms with Crippen LogP contribution in [-0.4, -0.2) is 28.0 Å². The fourth-order valence-electron chi connectivity index (χ4n) is 2.34. The monoisotopic (exact) mass is 284 g/mol. The normalized spacial score (nSPS) is 19.0. The number of anilines is 1. The van der Waals surface area contributed by atoms with Crippen molar-refractivity contribution in [3.8, 4) is 0 Å². The Hall–Kier alpha value is -1.43. The van der Waals surface area contributed by atoms with Gasteiger partial charge >= 0.3 is 5.69 Å². The predicted molar refractivity (Wildman–Crippen MR) is 73.5 cm³/mol. The number of hydrogen-bond donors (Lipinski definition) is 0. The first-order chi connectivity index (χ1) is 8.89. The first kappa shape index (κ1) is 14.0. The molecule has 1 aromatic rings. The minimum absolute atomic E-state index is 0.0455. The zero-order valence-electron chi connectivity index (χ0n) is 11.1. The summed E-state index contributed by atoms with van der Waals surface area (Å²) < 4.78 is 0. The van der Waals surface area contributed by atoms with Gasteiger partial charge in [-0.2, -0.15) is 4.98 Å². The van der Waals surface area contributed by atoms with E-state index in [-0.39, 0.29) is 16.4 Å². The summed E-state index contributed by atoms with van der Waals surface area (Å²) in [6.45, 7) is 5.95. The summed E-state index contributed by atoms with van der Waals surface area (Å²) in [5.41, 5.74) is 0.185. The molecule has 0 atom stereocenters. The van der Waals surface area contributed by atoms with Gasteiger partial charge < -0.3 is 4.90 Å². The van der Waals surface area contributed by atoms with E-state index >= 15 is 0 Å². The molecule has 104 valence electrons. The number of halogens is 1.